The van der Waals surface area contributed by atoms with Crippen molar-refractivity contribution in [1.29, 1.82) is 0 Å². The highest BCUT2D eigenvalue weighted by molar-refractivity contribution is 9.10. The summed E-state index contributed by atoms with van der Waals surface area (Å²) in [5.41, 5.74) is 8.06. The fraction of sp³-hybridized carbons (Fsp3) is 0.154. The van der Waals surface area contributed by atoms with Crippen LogP contribution in [0.3, 0.4) is 0 Å². The molecule has 1 aromatic heterocycles. The Balaban J connectivity index is 2.21. The van der Waals surface area contributed by atoms with Crippen LogP contribution in [0.25, 0.3) is 0 Å². The molecule has 0 saturated carbocycles. The van der Waals surface area contributed by atoms with E-state index in [4.69, 9.17) is 28.9 Å². The van der Waals surface area contributed by atoms with Crippen molar-refractivity contribution < 1.29 is 0 Å². The van der Waals surface area contributed by atoms with Crippen LogP contribution in [0.15, 0.2) is 41.1 Å². The van der Waals surface area contributed by atoms with Gasteiger partial charge in [0.1, 0.15) is 0 Å². The van der Waals surface area contributed by atoms with Crippen LogP contribution in [0.2, 0.25) is 10.0 Å². The zero-order valence-electron chi connectivity index (χ0n) is 9.41. The zero-order chi connectivity index (χ0) is 13.1. The van der Waals surface area contributed by atoms with E-state index in [0.717, 1.165) is 15.6 Å². The lowest BCUT2D eigenvalue weighted by molar-refractivity contribution is 0.719. The third-order valence-electron chi connectivity index (χ3n) is 2.57. The van der Waals surface area contributed by atoms with Gasteiger partial charge in [-0.2, -0.15) is 0 Å². The minimum Gasteiger partial charge on any atom is -0.324 e. The van der Waals surface area contributed by atoms with Crippen LogP contribution >= 0.6 is 39.1 Å². The molecular weight excluding hydrogens is 335 g/mol. The van der Waals surface area contributed by atoms with Gasteiger partial charge in [0.05, 0.1) is 0 Å². The molecule has 2 rings (SSSR count). The largest absolute Gasteiger partial charge is 0.324 e. The van der Waals surface area contributed by atoms with Crippen LogP contribution < -0.4 is 5.73 Å². The van der Waals surface area contributed by atoms with Gasteiger partial charge >= 0.3 is 0 Å². The van der Waals surface area contributed by atoms with Gasteiger partial charge in [-0.1, -0.05) is 23.2 Å². The Morgan fingerprint density at radius 1 is 1.22 bits per heavy atom. The molecule has 1 unspecified atom stereocenters. The Hall–Kier alpha value is -0.610. The molecule has 94 valence electrons. The molecule has 2 nitrogen and oxygen atoms in total. The number of rotatable bonds is 3. The van der Waals surface area contributed by atoms with Gasteiger partial charge in [-0.15, -0.1) is 0 Å². The zero-order valence-corrected chi connectivity index (χ0v) is 12.5. The van der Waals surface area contributed by atoms with Crippen molar-refractivity contribution in [1.82, 2.24) is 4.98 Å². The molecule has 0 amide bonds. The highest BCUT2D eigenvalue weighted by Crippen LogP contribution is 2.27. The summed E-state index contributed by atoms with van der Waals surface area (Å²) in [7, 11) is 0. The second-order valence-electron chi connectivity index (χ2n) is 3.99. The summed E-state index contributed by atoms with van der Waals surface area (Å²) in [6.45, 7) is 0. The van der Waals surface area contributed by atoms with Gasteiger partial charge in [0.2, 0.25) is 0 Å². The standard InChI is InChI=1S/C13H11BrCl2N2/c14-9-3-8(6-18-7-9)4-13(17)11-5-10(15)1-2-12(11)16/h1-3,5-7,13H,4,17H2. The van der Waals surface area contributed by atoms with E-state index < -0.39 is 0 Å². The topological polar surface area (TPSA) is 38.9 Å². The average Bonchev–Trinajstić information content (AvgIpc) is 2.32. The first-order chi connectivity index (χ1) is 8.56. The first kappa shape index (κ1) is 13.8. The number of nitrogens with two attached hydrogens (primary N) is 1. The first-order valence-electron chi connectivity index (χ1n) is 5.36. The fourth-order valence-electron chi connectivity index (χ4n) is 1.73. The number of pyridine rings is 1. The average molecular weight is 346 g/mol. The molecule has 2 aromatic rings. The fourth-order valence-corrected chi connectivity index (χ4v) is 2.58. The van der Waals surface area contributed by atoms with Gasteiger partial charge < -0.3 is 5.73 Å². The molecule has 0 aliphatic carbocycles. The second kappa shape index (κ2) is 6.02. The van der Waals surface area contributed by atoms with Gasteiger partial charge in [-0.05, 0) is 57.7 Å². The molecule has 2 N–H and O–H groups in total. The molecule has 1 aromatic carbocycles. The van der Waals surface area contributed by atoms with E-state index in [1.54, 1.807) is 30.6 Å². The summed E-state index contributed by atoms with van der Waals surface area (Å²) in [6.07, 6.45) is 4.19. The maximum absolute atomic E-state index is 6.16. The lowest BCUT2D eigenvalue weighted by Crippen LogP contribution is -2.14. The van der Waals surface area contributed by atoms with Gasteiger partial charge in [0.25, 0.3) is 0 Å². The minimum atomic E-state index is -0.202. The summed E-state index contributed by atoms with van der Waals surface area (Å²) in [4.78, 5) is 4.11. The quantitative estimate of drug-likeness (QED) is 0.895. The molecule has 0 radical (unpaired) electrons. The highest BCUT2D eigenvalue weighted by Gasteiger charge is 2.12. The maximum Gasteiger partial charge on any atom is 0.0454 e. The Labute approximate surface area is 124 Å². The van der Waals surface area contributed by atoms with Crippen molar-refractivity contribution in [3.8, 4) is 0 Å². The van der Waals surface area contributed by atoms with Crippen LogP contribution in [0.4, 0.5) is 0 Å². The van der Waals surface area contributed by atoms with Crippen LogP contribution in [0.1, 0.15) is 17.2 Å². The summed E-state index contributed by atoms with van der Waals surface area (Å²) in [6, 6.07) is 7.11. The molecule has 18 heavy (non-hydrogen) atoms. The molecular formula is C13H11BrCl2N2. The van der Waals surface area contributed by atoms with Crippen LogP contribution in [0, 0.1) is 0 Å². The van der Waals surface area contributed by atoms with Crippen molar-refractivity contribution in [2.45, 2.75) is 12.5 Å². The number of nitrogens with zero attached hydrogens (tertiary/aromatic N) is 1. The second-order valence-corrected chi connectivity index (χ2v) is 5.75. The smallest absolute Gasteiger partial charge is 0.0454 e. The van der Waals surface area contributed by atoms with Crippen molar-refractivity contribution >= 4 is 39.1 Å². The van der Waals surface area contributed by atoms with Gasteiger partial charge in [0, 0.05) is 33.0 Å². The minimum absolute atomic E-state index is 0.202. The molecule has 1 heterocycles. The van der Waals surface area contributed by atoms with E-state index in [2.05, 4.69) is 20.9 Å². The summed E-state index contributed by atoms with van der Waals surface area (Å²) in [5.74, 6) is 0. The number of halogens is 3. The molecule has 0 fully saturated rings. The first-order valence-corrected chi connectivity index (χ1v) is 6.91. The third-order valence-corrected chi connectivity index (χ3v) is 3.59. The Morgan fingerprint density at radius 3 is 2.72 bits per heavy atom. The third kappa shape index (κ3) is 3.45. The summed E-state index contributed by atoms with van der Waals surface area (Å²) in [5, 5.41) is 1.27. The number of hydrogen-bond donors (Lipinski definition) is 1. The Kier molecular flexibility index (Phi) is 4.62. The molecule has 0 spiro atoms. The Morgan fingerprint density at radius 2 is 2.00 bits per heavy atom. The van der Waals surface area contributed by atoms with Gasteiger partial charge in [-0.25, -0.2) is 0 Å². The van der Waals surface area contributed by atoms with Crippen molar-refractivity contribution in [2.24, 2.45) is 5.73 Å². The Bertz CT molecular complexity index is 560. The lowest BCUT2D eigenvalue weighted by Gasteiger charge is -2.14. The van der Waals surface area contributed by atoms with Crippen molar-refractivity contribution in [2.75, 3.05) is 0 Å². The van der Waals surface area contributed by atoms with Crippen molar-refractivity contribution in [3.63, 3.8) is 0 Å². The van der Waals surface area contributed by atoms with Crippen molar-refractivity contribution in [3.05, 3.63) is 62.3 Å². The van der Waals surface area contributed by atoms with Crippen LogP contribution in [-0.2, 0) is 6.42 Å². The van der Waals surface area contributed by atoms with E-state index in [9.17, 15) is 0 Å². The summed E-state index contributed by atoms with van der Waals surface area (Å²) < 4.78 is 0.935. The van der Waals surface area contributed by atoms with E-state index in [1.807, 2.05) is 6.07 Å². The van der Waals surface area contributed by atoms with Crippen LogP contribution in [-0.4, -0.2) is 4.98 Å². The van der Waals surface area contributed by atoms with E-state index in [1.165, 1.54) is 0 Å². The van der Waals surface area contributed by atoms with E-state index >= 15 is 0 Å². The predicted octanol–water partition coefficient (Wildman–Crippen LogP) is 4.39. The normalized spacial score (nSPS) is 12.4. The molecule has 0 bridgehead atoms. The van der Waals surface area contributed by atoms with E-state index in [-0.39, 0.29) is 6.04 Å². The molecule has 0 aliphatic heterocycles. The SMILES string of the molecule is NC(Cc1cncc(Br)c1)c1cc(Cl)ccc1Cl. The molecule has 1 atom stereocenters. The molecule has 0 saturated heterocycles. The van der Waals surface area contributed by atoms with Crippen LogP contribution in [0.5, 0.6) is 0 Å². The molecule has 0 aliphatic rings. The summed E-state index contributed by atoms with van der Waals surface area (Å²) >= 11 is 15.5. The highest BCUT2D eigenvalue weighted by atomic mass is 79.9. The van der Waals surface area contributed by atoms with Gasteiger partial charge in [-0.3, -0.25) is 4.98 Å². The number of aromatic nitrogens is 1. The number of benzene rings is 1. The lowest BCUT2D eigenvalue weighted by atomic mass is 10.0. The van der Waals surface area contributed by atoms with Gasteiger partial charge in [0.15, 0.2) is 0 Å². The predicted molar refractivity (Wildman–Crippen MR) is 79.0 cm³/mol. The maximum atomic E-state index is 6.16. The molecule has 5 heteroatoms. The number of hydrogen-bond acceptors (Lipinski definition) is 2. The van der Waals surface area contributed by atoms with E-state index in [0.29, 0.717) is 16.5 Å². The monoisotopic (exact) mass is 344 g/mol.